The van der Waals surface area contributed by atoms with Gasteiger partial charge < -0.3 is 15.4 Å². The van der Waals surface area contributed by atoms with Crippen LogP contribution in [-0.2, 0) is 14.3 Å². The molecule has 0 aliphatic carbocycles. The molecular formula is C10H20N2O3. The van der Waals surface area contributed by atoms with Crippen molar-refractivity contribution in [1.29, 1.82) is 0 Å². The van der Waals surface area contributed by atoms with E-state index in [2.05, 4.69) is 15.4 Å². The van der Waals surface area contributed by atoms with Gasteiger partial charge in [0.15, 0.2) is 0 Å². The van der Waals surface area contributed by atoms with Crippen LogP contribution in [0.25, 0.3) is 0 Å². The van der Waals surface area contributed by atoms with E-state index in [1.165, 1.54) is 7.11 Å². The molecule has 2 unspecified atom stereocenters. The largest absolute Gasteiger partial charge is 0.469 e. The third-order valence-corrected chi connectivity index (χ3v) is 2.20. The first kappa shape index (κ1) is 13.9. The Bertz CT molecular complexity index is 219. The molecule has 0 saturated heterocycles. The highest BCUT2D eigenvalue weighted by Crippen LogP contribution is 2.07. The number of ether oxygens (including phenoxy) is 1. The van der Waals surface area contributed by atoms with Crippen LogP contribution in [0.2, 0.25) is 0 Å². The van der Waals surface area contributed by atoms with Gasteiger partial charge in [0.1, 0.15) is 0 Å². The summed E-state index contributed by atoms with van der Waals surface area (Å²) in [4.78, 5) is 22.0. The second-order valence-corrected chi connectivity index (χ2v) is 3.62. The number of carbonyl (C=O) groups is 2. The first-order valence-electron chi connectivity index (χ1n) is 5.03. The maximum Gasteiger partial charge on any atom is 0.308 e. The molecule has 15 heavy (non-hydrogen) atoms. The van der Waals surface area contributed by atoms with E-state index >= 15 is 0 Å². The summed E-state index contributed by atoms with van der Waals surface area (Å²) >= 11 is 0. The maximum absolute atomic E-state index is 11.1. The smallest absolute Gasteiger partial charge is 0.308 e. The molecule has 5 nitrogen and oxygen atoms in total. The van der Waals surface area contributed by atoms with Crippen molar-refractivity contribution in [2.75, 3.05) is 20.7 Å². The second-order valence-electron chi connectivity index (χ2n) is 3.62. The molecule has 0 spiro atoms. The molecule has 0 aliphatic heterocycles. The first-order chi connectivity index (χ1) is 7.01. The van der Waals surface area contributed by atoms with Crippen LogP contribution in [0.5, 0.6) is 0 Å². The molecule has 0 aromatic heterocycles. The van der Waals surface area contributed by atoms with Crippen LogP contribution in [0.4, 0.5) is 0 Å². The van der Waals surface area contributed by atoms with Gasteiger partial charge in [-0.3, -0.25) is 9.59 Å². The van der Waals surface area contributed by atoms with E-state index in [0.717, 1.165) is 0 Å². The summed E-state index contributed by atoms with van der Waals surface area (Å²) in [6.07, 6.45) is 0.656. The normalized spacial score (nSPS) is 14.1. The van der Waals surface area contributed by atoms with Crippen molar-refractivity contribution >= 4 is 11.9 Å². The van der Waals surface area contributed by atoms with Gasteiger partial charge in [0, 0.05) is 13.1 Å². The Hall–Kier alpha value is -1.10. The molecule has 0 aromatic rings. The Morgan fingerprint density at radius 2 is 1.93 bits per heavy atom. The lowest BCUT2D eigenvalue weighted by molar-refractivity contribution is -0.145. The quantitative estimate of drug-likeness (QED) is 0.609. The Balaban J connectivity index is 3.78. The van der Waals surface area contributed by atoms with Crippen molar-refractivity contribution in [3.8, 4) is 0 Å². The van der Waals surface area contributed by atoms with Gasteiger partial charge in [0.2, 0.25) is 5.91 Å². The minimum absolute atomic E-state index is 0.0624. The van der Waals surface area contributed by atoms with Crippen LogP contribution in [0.15, 0.2) is 0 Å². The van der Waals surface area contributed by atoms with E-state index in [0.29, 0.717) is 6.42 Å². The Kier molecular flexibility index (Phi) is 6.70. The first-order valence-corrected chi connectivity index (χ1v) is 5.03. The molecular weight excluding hydrogens is 196 g/mol. The molecule has 0 radical (unpaired) electrons. The lowest BCUT2D eigenvalue weighted by atomic mass is 10.0. The van der Waals surface area contributed by atoms with Crippen molar-refractivity contribution < 1.29 is 14.3 Å². The molecule has 2 N–H and O–H groups in total. The number of hydrogen-bond donors (Lipinski definition) is 2. The molecule has 5 heteroatoms. The topological polar surface area (TPSA) is 67.4 Å². The summed E-state index contributed by atoms with van der Waals surface area (Å²) < 4.78 is 4.61. The van der Waals surface area contributed by atoms with E-state index < -0.39 is 0 Å². The number of likely N-dealkylation sites (N-methyl/N-ethyl adjacent to an activating group) is 1. The molecule has 0 saturated carbocycles. The monoisotopic (exact) mass is 216 g/mol. The van der Waals surface area contributed by atoms with E-state index in [-0.39, 0.29) is 30.4 Å². The van der Waals surface area contributed by atoms with Crippen LogP contribution in [0.3, 0.4) is 0 Å². The van der Waals surface area contributed by atoms with Crippen molar-refractivity contribution in [3.05, 3.63) is 0 Å². The van der Waals surface area contributed by atoms with Gasteiger partial charge in [-0.15, -0.1) is 0 Å². The highest BCUT2D eigenvalue weighted by Gasteiger charge is 2.16. The molecule has 0 heterocycles. The number of nitrogens with one attached hydrogen (secondary N) is 2. The maximum atomic E-state index is 11.1. The van der Waals surface area contributed by atoms with Gasteiger partial charge in [-0.2, -0.15) is 0 Å². The summed E-state index contributed by atoms with van der Waals surface area (Å²) in [7, 11) is 2.97. The molecule has 2 atom stereocenters. The molecule has 0 rings (SSSR count). The van der Waals surface area contributed by atoms with Crippen molar-refractivity contribution in [2.45, 2.75) is 26.3 Å². The van der Waals surface area contributed by atoms with Crippen molar-refractivity contribution in [2.24, 2.45) is 5.92 Å². The van der Waals surface area contributed by atoms with Gasteiger partial charge in [-0.25, -0.2) is 0 Å². The zero-order valence-corrected chi connectivity index (χ0v) is 9.79. The van der Waals surface area contributed by atoms with Gasteiger partial charge in [-0.05, 0) is 13.3 Å². The third kappa shape index (κ3) is 6.06. The van der Waals surface area contributed by atoms with Crippen molar-refractivity contribution in [1.82, 2.24) is 10.6 Å². The van der Waals surface area contributed by atoms with Crippen LogP contribution in [0, 0.1) is 5.92 Å². The second kappa shape index (κ2) is 7.23. The molecule has 0 bridgehead atoms. The molecule has 1 amide bonds. The zero-order valence-electron chi connectivity index (χ0n) is 9.79. The average Bonchev–Trinajstić information content (AvgIpc) is 2.24. The predicted octanol–water partition coefficient (Wildman–Crippen LogP) is -0.0903. The Morgan fingerprint density at radius 3 is 2.40 bits per heavy atom. The number of rotatable bonds is 6. The molecule has 0 aromatic carbocycles. The number of carbonyl (C=O) groups excluding carboxylic acids is 2. The summed E-state index contributed by atoms with van der Waals surface area (Å²) in [6, 6.07) is 0.108. The van der Waals surface area contributed by atoms with Crippen LogP contribution < -0.4 is 10.6 Å². The minimum Gasteiger partial charge on any atom is -0.469 e. The standard InChI is InChI=1S/C10H20N2O3/c1-7(10(14)15-4)5-8(2)12-6-9(13)11-3/h7-8,12H,5-6H2,1-4H3,(H,11,13). The molecule has 88 valence electrons. The fraction of sp³-hybridized carbons (Fsp3) is 0.800. The van der Waals surface area contributed by atoms with Crippen LogP contribution >= 0.6 is 0 Å². The molecule has 0 fully saturated rings. The van der Waals surface area contributed by atoms with Crippen LogP contribution in [-0.4, -0.2) is 38.6 Å². The third-order valence-electron chi connectivity index (χ3n) is 2.20. The van der Waals surface area contributed by atoms with E-state index in [4.69, 9.17) is 0 Å². The summed E-state index contributed by atoms with van der Waals surface area (Å²) in [6.45, 7) is 4.01. The number of amides is 1. The number of hydrogen-bond acceptors (Lipinski definition) is 4. The Labute approximate surface area is 90.6 Å². The lowest BCUT2D eigenvalue weighted by Crippen LogP contribution is -2.37. The highest BCUT2D eigenvalue weighted by molar-refractivity contribution is 5.77. The SMILES string of the molecule is CNC(=O)CNC(C)CC(C)C(=O)OC. The van der Waals surface area contributed by atoms with Gasteiger partial charge in [0.25, 0.3) is 0 Å². The highest BCUT2D eigenvalue weighted by atomic mass is 16.5. The van der Waals surface area contributed by atoms with E-state index in [1.54, 1.807) is 7.05 Å². The number of methoxy groups -OCH3 is 1. The van der Waals surface area contributed by atoms with E-state index in [1.807, 2.05) is 13.8 Å². The van der Waals surface area contributed by atoms with Crippen LogP contribution in [0.1, 0.15) is 20.3 Å². The fourth-order valence-corrected chi connectivity index (χ4v) is 1.27. The van der Waals surface area contributed by atoms with Gasteiger partial charge >= 0.3 is 5.97 Å². The summed E-state index contributed by atoms with van der Waals surface area (Å²) in [5.41, 5.74) is 0. The number of esters is 1. The lowest BCUT2D eigenvalue weighted by Gasteiger charge is -2.16. The fourth-order valence-electron chi connectivity index (χ4n) is 1.27. The minimum atomic E-state index is -0.219. The predicted molar refractivity (Wildman–Crippen MR) is 57.3 cm³/mol. The molecule has 0 aliphatic rings. The summed E-state index contributed by atoms with van der Waals surface area (Å²) in [5, 5.41) is 5.54. The summed E-state index contributed by atoms with van der Waals surface area (Å²) in [5.74, 6) is -0.432. The Morgan fingerprint density at radius 1 is 1.33 bits per heavy atom. The van der Waals surface area contributed by atoms with Gasteiger partial charge in [-0.1, -0.05) is 6.92 Å². The van der Waals surface area contributed by atoms with Crippen molar-refractivity contribution in [3.63, 3.8) is 0 Å². The van der Waals surface area contributed by atoms with Gasteiger partial charge in [0.05, 0.1) is 19.6 Å². The zero-order chi connectivity index (χ0) is 11.8. The van der Waals surface area contributed by atoms with E-state index in [9.17, 15) is 9.59 Å². The average molecular weight is 216 g/mol.